The monoisotopic (exact) mass is 202 g/mol. The Morgan fingerprint density at radius 3 is 2.14 bits per heavy atom. The van der Waals surface area contributed by atoms with E-state index in [4.69, 9.17) is 5.73 Å². The first-order valence-electron chi connectivity index (χ1n) is 5.46. The Hall–Kier alpha value is -0.120. The number of rotatable bonds is 6. The van der Waals surface area contributed by atoms with Gasteiger partial charge in [-0.15, -0.1) is 0 Å². The summed E-state index contributed by atoms with van der Waals surface area (Å²) in [5.74, 6) is 0. The zero-order valence-electron chi connectivity index (χ0n) is 10.2. The summed E-state index contributed by atoms with van der Waals surface area (Å²) in [5.41, 5.74) is 5.82. The minimum atomic E-state index is -0.288. The summed E-state index contributed by atoms with van der Waals surface area (Å²) in [6, 6.07) is 0.200. The highest BCUT2D eigenvalue weighted by Gasteiger charge is 2.24. The molecule has 0 amide bonds. The predicted molar refractivity (Wildman–Crippen MR) is 61.2 cm³/mol. The third kappa shape index (κ3) is 4.40. The molecule has 0 saturated carbocycles. The molecule has 3 N–H and O–H groups in total. The van der Waals surface area contributed by atoms with Gasteiger partial charge in [0.05, 0.1) is 6.10 Å². The first kappa shape index (κ1) is 13.9. The van der Waals surface area contributed by atoms with Crippen molar-refractivity contribution < 1.29 is 5.11 Å². The van der Waals surface area contributed by atoms with E-state index in [2.05, 4.69) is 32.6 Å². The Morgan fingerprint density at radius 1 is 1.36 bits per heavy atom. The molecule has 0 aliphatic heterocycles. The smallest absolute Gasteiger partial charge is 0.0664 e. The molecule has 0 saturated heterocycles. The maximum absolute atomic E-state index is 9.52. The molecule has 0 aliphatic carbocycles. The number of hydrogen-bond donors (Lipinski definition) is 2. The lowest BCUT2D eigenvalue weighted by molar-refractivity contribution is 0.0521. The molecule has 0 aliphatic rings. The van der Waals surface area contributed by atoms with Gasteiger partial charge in [-0.2, -0.15) is 0 Å². The summed E-state index contributed by atoms with van der Waals surface area (Å²) in [5, 5.41) is 9.52. The molecule has 0 aromatic carbocycles. The zero-order chi connectivity index (χ0) is 11.4. The van der Waals surface area contributed by atoms with E-state index in [9.17, 15) is 5.11 Å². The Morgan fingerprint density at radius 2 is 1.86 bits per heavy atom. The summed E-state index contributed by atoms with van der Waals surface area (Å²) < 4.78 is 0. The number of aliphatic hydroxyl groups excluding tert-OH is 1. The van der Waals surface area contributed by atoms with Crippen LogP contribution in [0.1, 0.15) is 34.6 Å². The van der Waals surface area contributed by atoms with Crippen LogP contribution >= 0.6 is 0 Å². The summed E-state index contributed by atoms with van der Waals surface area (Å²) in [6.45, 7) is 12.9. The highest BCUT2D eigenvalue weighted by atomic mass is 16.3. The van der Waals surface area contributed by atoms with Crippen LogP contribution in [0.2, 0.25) is 0 Å². The van der Waals surface area contributed by atoms with E-state index in [0.717, 1.165) is 13.1 Å². The van der Waals surface area contributed by atoms with Crippen LogP contribution in [0.25, 0.3) is 0 Å². The van der Waals surface area contributed by atoms with Crippen LogP contribution in [0.5, 0.6) is 0 Å². The number of aliphatic hydroxyl groups is 1. The van der Waals surface area contributed by atoms with Gasteiger partial charge >= 0.3 is 0 Å². The molecule has 0 fully saturated rings. The standard InChI is InChI=1S/C11H26N2O/c1-6-13(9(2)10(3)14)8-11(4,5)7-12/h9-10,14H,6-8,12H2,1-5H3. The number of hydrogen-bond acceptors (Lipinski definition) is 3. The van der Waals surface area contributed by atoms with Crippen LogP contribution in [0, 0.1) is 5.41 Å². The molecule has 2 unspecified atom stereocenters. The average molecular weight is 202 g/mol. The SMILES string of the molecule is CCN(CC(C)(C)CN)C(C)C(C)O. The maximum atomic E-state index is 9.52. The molecule has 0 radical (unpaired) electrons. The minimum absolute atomic E-state index is 0.124. The van der Waals surface area contributed by atoms with Crippen molar-refractivity contribution in [2.75, 3.05) is 19.6 Å². The van der Waals surface area contributed by atoms with Gasteiger partial charge in [0.15, 0.2) is 0 Å². The molecule has 2 atom stereocenters. The minimum Gasteiger partial charge on any atom is -0.392 e. The van der Waals surface area contributed by atoms with E-state index in [1.54, 1.807) is 0 Å². The normalized spacial score (nSPS) is 17.1. The largest absolute Gasteiger partial charge is 0.392 e. The second-order valence-electron chi connectivity index (χ2n) is 4.91. The molecule has 3 nitrogen and oxygen atoms in total. The van der Waals surface area contributed by atoms with Gasteiger partial charge in [-0.3, -0.25) is 4.90 Å². The highest BCUT2D eigenvalue weighted by Crippen LogP contribution is 2.17. The molecule has 0 spiro atoms. The van der Waals surface area contributed by atoms with Crippen molar-refractivity contribution in [3.05, 3.63) is 0 Å². The molecule has 0 aromatic heterocycles. The van der Waals surface area contributed by atoms with Crippen molar-refractivity contribution in [2.45, 2.75) is 46.8 Å². The molecule has 0 aromatic rings. The van der Waals surface area contributed by atoms with Gasteiger partial charge in [0.25, 0.3) is 0 Å². The Labute approximate surface area is 88.3 Å². The van der Waals surface area contributed by atoms with Gasteiger partial charge in [0.2, 0.25) is 0 Å². The number of likely N-dealkylation sites (N-methyl/N-ethyl adjacent to an activating group) is 1. The average Bonchev–Trinajstić information content (AvgIpc) is 2.13. The molecule has 86 valence electrons. The summed E-state index contributed by atoms with van der Waals surface area (Å²) in [7, 11) is 0. The number of nitrogens with two attached hydrogens (primary N) is 1. The molecule has 14 heavy (non-hydrogen) atoms. The van der Waals surface area contributed by atoms with Crippen LogP contribution in [0.15, 0.2) is 0 Å². The van der Waals surface area contributed by atoms with Gasteiger partial charge < -0.3 is 10.8 Å². The van der Waals surface area contributed by atoms with Crippen LogP contribution in [0.4, 0.5) is 0 Å². The fourth-order valence-corrected chi connectivity index (χ4v) is 1.46. The van der Waals surface area contributed by atoms with E-state index in [1.165, 1.54) is 0 Å². The topological polar surface area (TPSA) is 49.5 Å². The second kappa shape index (κ2) is 5.69. The van der Waals surface area contributed by atoms with Crippen molar-refractivity contribution >= 4 is 0 Å². The summed E-state index contributed by atoms with van der Waals surface area (Å²) in [4.78, 5) is 2.28. The molecular weight excluding hydrogens is 176 g/mol. The van der Waals surface area contributed by atoms with Crippen molar-refractivity contribution in [3.8, 4) is 0 Å². The quantitative estimate of drug-likeness (QED) is 0.677. The van der Waals surface area contributed by atoms with Gasteiger partial charge in [0.1, 0.15) is 0 Å². The third-order valence-electron chi connectivity index (χ3n) is 2.86. The van der Waals surface area contributed by atoms with Gasteiger partial charge in [0, 0.05) is 12.6 Å². The van der Waals surface area contributed by atoms with Gasteiger partial charge in [-0.25, -0.2) is 0 Å². The van der Waals surface area contributed by atoms with Crippen LogP contribution < -0.4 is 5.73 Å². The first-order chi connectivity index (χ1) is 6.34. The van der Waals surface area contributed by atoms with E-state index >= 15 is 0 Å². The lowest BCUT2D eigenvalue weighted by atomic mass is 9.92. The van der Waals surface area contributed by atoms with E-state index in [-0.39, 0.29) is 17.6 Å². The van der Waals surface area contributed by atoms with Gasteiger partial charge in [-0.05, 0) is 32.4 Å². The molecular formula is C11H26N2O. The number of nitrogens with zero attached hydrogens (tertiary/aromatic N) is 1. The third-order valence-corrected chi connectivity index (χ3v) is 2.86. The van der Waals surface area contributed by atoms with Crippen molar-refractivity contribution in [3.63, 3.8) is 0 Å². The van der Waals surface area contributed by atoms with E-state index in [0.29, 0.717) is 6.54 Å². The van der Waals surface area contributed by atoms with Crippen molar-refractivity contribution in [1.29, 1.82) is 0 Å². The summed E-state index contributed by atoms with van der Waals surface area (Å²) >= 11 is 0. The van der Waals surface area contributed by atoms with E-state index < -0.39 is 0 Å². The molecule has 0 rings (SSSR count). The first-order valence-corrected chi connectivity index (χ1v) is 5.46. The Bertz CT molecular complexity index is 157. The zero-order valence-corrected chi connectivity index (χ0v) is 10.2. The van der Waals surface area contributed by atoms with Gasteiger partial charge in [-0.1, -0.05) is 20.8 Å². The van der Waals surface area contributed by atoms with Crippen LogP contribution in [0.3, 0.4) is 0 Å². The lowest BCUT2D eigenvalue weighted by Gasteiger charge is -2.36. The lowest BCUT2D eigenvalue weighted by Crippen LogP contribution is -2.46. The highest BCUT2D eigenvalue weighted by molar-refractivity contribution is 4.79. The van der Waals surface area contributed by atoms with Crippen LogP contribution in [-0.2, 0) is 0 Å². The fourth-order valence-electron chi connectivity index (χ4n) is 1.46. The Balaban J connectivity index is 4.29. The molecule has 0 heterocycles. The molecule has 3 heteroatoms. The molecule has 0 bridgehead atoms. The van der Waals surface area contributed by atoms with Crippen molar-refractivity contribution in [1.82, 2.24) is 4.90 Å². The van der Waals surface area contributed by atoms with E-state index in [1.807, 2.05) is 6.92 Å². The fraction of sp³-hybridized carbons (Fsp3) is 1.00. The Kier molecular flexibility index (Phi) is 5.64. The predicted octanol–water partition coefficient (Wildman–Crippen LogP) is 1.06. The van der Waals surface area contributed by atoms with Crippen molar-refractivity contribution in [2.24, 2.45) is 11.1 Å². The van der Waals surface area contributed by atoms with Crippen LogP contribution in [-0.4, -0.2) is 41.8 Å². The summed E-state index contributed by atoms with van der Waals surface area (Å²) in [6.07, 6.45) is -0.288. The maximum Gasteiger partial charge on any atom is 0.0664 e. The second-order valence-corrected chi connectivity index (χ2v) is 4.91.